The predicted octanol–water partition coefficient (Wildman–Crippen LogP) is 14.0. The zero-order valence-corrected chi connectivity index (χ0v) is 35.5. The van der Waals surface area contributed by atoms with Crippen LogP contribution in [-0.2, 0) is 5.41 Å². The van der Waals surface area contributed by atoms with E-state index in [0.29, 0.717) is 0 Å². The summed E-state index contributed by atoms with van der Waals surface area (Å²) in [6.45, 7) is 4.68. The molecule has 0 aliphatic carbocycles. The molecule has 0 spiro atoms. The Bertz CT molecular complexity index is 2870. The van der Waals surface area contributed by atoms with Crippen LogP contribution < -0.4 is 9.47 Å². The summed E-state index contributed by atoms with van der Waals surface area (Å²) in [5, 5.41) is 29.5. The van der Waals surface area contributed by atoms with Crippen molar-refractivity contribution in [3.63, 3.8) is 0 Å². The highest BCUT2D eigenvalue weighted by molar-refractivity contribution is 6.05. The van der Waals surface area contributed by atoms with Gasteiger partial charge >= 0.3 is 0 Å². The van der Waals surface area contributed by atoms with Gasteiger partial charge in [0.25, 0.3) is 0 Å². The first-order valence-electron chi connectivity index (χ1n) is 21.7. The summed E-state index contributed by atoms with van der Waals surface area (Å²) in [4.78, 5) is 0. The number of ether oxygens (including phenoxy) is 2. The standard InChI is InChI=1S/C59H48O4/c1-59(2,43-35-53(49-27-11-19-39-15-3-7-23-45(39)49)57(62-33-31-60)54(36-43)50-28-12-20-40-16-4-8-24-46(40)50)44-37-55(51-29-13-21-41-17-5-9-25-47(41)51)58(63-34-32-61)56(38-44)52-30-14-22-42-18-6-10-26-48(42)52/h3-30,35-38,60-61H,31-34H2,1-2H3. The fraction of sp³-hybridized carbons (Fsp3) is 0.119. The number of hydrogen-bond donors (Lipinski definition) is 2. The average Bonchev–Trinajstić information content (AvgIpc) is 3.34. The van der Waals surface area contributed by atoms with Gasteiger partial charge in [0.2, 0.25) is 0 Å². The third-order valence-electron chi connectivity index (χ3n) is 12.6. The second-order valence-electron chi connectivity index (χ2n) is 16.7. The minimum Gasteiger partial charge on any atom is -0.490 e. The Morgan fingerprint density at radius 1 is 0.333 bits per heavy atom. The number of benzene rings is 10. The number of hydrogen-bond acceptors (Lipinski definition) is 4. The Hall–Kier alpha value is -7.24. The quantitative estimate of drug-likeness (QED) is 0.129. The minimum absolute atomic E-state index is 0.115. The van der Waals surface area contributed by atoms with Crippen LogP contribution in [0.15, 0.2) is 194 Å². The van der Waals surface area contributed by atoms with Gasteiger partial charge < -0.3 is 19.7 Å². The molecule has 0 heterocycles. The first kappa shape index (κ1) is 39.9. The van der Waals surface area contributed by atoms with E-state index in [9.17, 15) is 10.2 Å². The van der Waals surface area contributed by atoms with Gasteiger partial charge in [0, 0.05) is 27.7 Å². The number of aliphatic hydroxyl groups excluding tert-OH is 2. The highest BCUT2D eigenvalue weighted by Crippen LogP contribution is 2.50. The van der Waals surface area contributed by atoms with E-state index < -0.39 is 5.41 Å². The summed E-state index contributed by atoms with van der Waals surface area (Å²) >= 11 is 0. The normalized spacial score (nSPS) is 11.7. The summed E-state index contributed by atoms with van der Waals surface area (Å²) < 4.78 is 13.4. The lowest BCUT2D eigenvalue weighted by Gasteiger charge is -2.31. The number of rotatable bonds is 12. The molecule has 4 nitrogen and oxygen atoms in total. The molecule has 0 bridgehead atoms. The molecule has 63 heavy (non-hydrogen) atoms. The van der Waals surface area contributed by atoms with Gasteiger partial charge in [0.1, 0.15) is 24.7 Å². The Morgan fingerprint density at radius 3 is 0.857 bits per heavy atom. The van der Waals surface area contributed by atoms with Gasteiger partial charge in [-0.05, 0) is 101 Å². The van der Waals surface area contributed by atoms with Crippen LogP contribution in [0.1, 0.15) is 25.0 Å². The third kappa shape index (κ3) is 7.27. The Balaban J connectivity index is 1.31. The van der Waals surface area contributed by atoms with Crippen molar-refractivity contribution in [1.82, 2.24) is 0 Å². The maximum atomic E-state index is 10.2. The molecule has 308 valence electrons. The van der Waals surface area contributed by atoms with Crippen LogP contribution in [0.25, 0.3) is 87.6 Å². The van der Waals surface area contributed by atoms with Crippen molar-refractivity contribution in [2.45, 2.75) is 19.3 Å². The molecule has 0 amide bonds. The molecule has 2 N–H and O–H groups in total. The molecule has 10 rings (SSSR count). The predicted molar refractivity (Wildman–Crippen MR) is 262 cm³/mol. The van der Waals surface area contributed by atoms with E-state index in [1.165, 1.54) is 0 Å². The van der Waals surface area contributed by atoms with Crippen molar-refractivity contribution in [3.8, 4) is 56.0 Å². The number of fused-ring (bicyclic) bond motifs is 4. The molecule has 4 heteroatoms. The molecular weight excluding hydrogens is 773 g/mol. The van der Waals surface area contributed by atoms with Crippen LogP contribution in [0.4, 0.5) is 0 Å². The van der Waals surface area contributed by atoms with E-state index in [1.54, 1.807) is 0 Å². The SMILES string of the molecule is CC(C)(c1cc(-c2cccc3ccccc23)c(OCCO)c(-c2cccc3ccccc23)c1)c1cc(-c2cccc3ccccc23)c(OCCO)c(-c2cccc3ccccc23)c1. The summed E-state index contributed by atoms with van der Waals surface area (Å²) in [6.07, 6.45) is 0. The molecule has 0 aromatic heterocycles. The van der Waals surface area contributed by atoms with Crippen molar-refractivity contribution >= 4 is 43.1 Å². The lowest BCUT2D eigenvalue weighted by atomic mass is 9.74. The largest absolute Gasteiger partial charge is 0.490 e. The molecule has 10 aromatic carbocycles. The summed E-state index contributed by atoms with van der Waals surface area (Å²) in [5.41, 5.74) is 9.66. The van der Waals surface area contributed by atoms with Crippen LogP contribution in [-0.4, -0.2) is 36.6 Å². The molecule has 10 aromatic rings. The van der Waals surface area contributed by atoms with Crippen LogP contribution in [0, 0.1) is 0 Å². The van der Waals surface area contributed by atoms with E-state index >= 15 is 0 Å². The lowest BCUT2D eigenvalue weighted by Crippen LogP contribution is -2.20. The molecule has 0 unspecified atom stereocenters. The van der Waals surface area contributed by atoms with Gasteiger partial charge in [-0.3, -0.25) is 0 Å². The summed E-state index contributed by atoms with van der Waals surface area (Å²) in [7, 11) is 0. The topological polar surface area (TPSA) is 58.9 Å². The third-order valence-corrected chi connectivity index (χ3v) is 12.6. The van der Waals surface area contributed by atoms with Gasteiger partial charge in [-0.15, -0.1) is 0 Å². The zero-order chi connectivity index (χ0) is 42.9. The fourth-order valence-corrected chi connectivity index (χ4v) is 9.39. The monoisotopic (exact) mass is 820 g/mol. The summed E-state index contributed by atoms with van der Waals surface area (Å²) in [5.74, 6) is 1.47. The smallest absolute Gasteiger partial charge is 0.135 e. The Kier molecular flexibility index (Phi) is 10.7. The Labute approximate surface area is 368 Å². The van der Waals surface area contributed by atoms with Crippen LogP contribution in [0.2, 0.25) is 0 Å². The molecule has 0 fully saturated rings. The van der Waals surface area contributed by atoms with Gasteiger partial charge in [0.05, 0.1) is 13.2 Å². The first-order chi connectivity index (χ1) is 30.9. The lowest BCUT2D eigenvalue weighted by molar-refractivity contribution is 0.202. The van der Waals surface area contributed by atoms with Crippen LogP contribution >= 0.6 is 0 Å². The van der Waals surface area contributed by atoms with Gasteiger partial charge in [-0.1, -0.05) is 184 Å². The molecule has 0 aliphatic rings. The second kappa shape index (κ2) is 16.9. The molecule has 0 atom stereocenters. The highest BCUT2D eigenvalue weighted by Gasteiger charge is 2.31. The van der Waals surface area contributed by atoms with E-state index in [-0.39, 0.29) is 26.4 Å². The van der Waals surface area contributed by atoms with Crippen LogP contribution in [0.3, 0.4) is 0 Å². The molecule has 0 radical (unpaired) electrons. The Morgan fingerprint density at radius 2 is 0.587 bits per heavy atom. The van der Waals surface area contributed by atoms with E-state index in [0.717, 1.165) is 110 Å². The van der Waals surface area contributed by atoms with Gasteiger partial charge in [0.15, 0.2) is 0 Å². The second-order valence-corrected chi connectivity index (χ2v) is 16.7. The zero-order valence-electron chi connectivity index (χ0n) is 35.5. The van der Waals surface area contributed by atoms with E-state index in [1.807, 2.05) is 0 Å². The van der Waals surface area contributed by atoms with Crippen LogP contribution in [0.5, 0.6) is 11.5 Å². The molecule has 0 saturated heterocycles. The average molecular weight is 821 g/mol. The van der Waals surface area contributed by atoms with Crippen molar-refractivity contribution < 1.29 is 19.7 Å². The highest BCUT2D eigenvalue weighted by atomic mass is 16.5. The number of aliphatic hydroxyl groups is 2. The maximum Gasteiger partial charge on any atom is 0.135 e. The van der Waals surface area contributed by atoms with Crippen molar-refractivity contribution in [1.29, 1.82) is 0 Å². The summed E-state index contributed by atoms with van der Waals surface area (Å²) in [6, 6.07) is 68.9. The van der Waals surface area contributed by atoms with Crippen molar-refractivity contribution in [2.75, 3.05) is 26.4 Å². The van der Waals surface area contributed by atoms with E-state index in [2.05, 4.69) is 208 Å². The molecule has 0 aliphatic heterocycles. The van der Waals surface area contributed by atoms with Gasteiger partial charge in [-0.25, -0.2) is 0 Å². The van der Waals surface area contributed by atoms with Crippen molar-refractivity contribution in [3.05, 3.63) is 205 Å². The minimum atomic E-state index is -0.595. The molecular formula is C59H48O4. The maximum absolute atomic E-state index is 10.2. The van der Waals surface area contributed by atoms with Crippen molar-refractivity contribution in [2.24, 2.45) is 0 Å². The molecule has 0 saturated carbocycles. The van der Waals surface area contributed by atoms with Gasteiger partial charge in [-0.2, -0.15) is 0 Å². The fourth-order valence-electron chi connectivity index (χ4n) is 9.39. The first-order valence-corrected chi connectivity index (χ1v) is 21.7. The van der Waals surface area contributed by atoms with E-state index in [4.69, 9.17) is 9.47 Å².